The first kappa shape index (κ1) is 48.5. The summed E-state index contributed by atoms with van der Waals surface area (Å²) in [4.78, 5) is 12.4. The van der Waals surface area contributed by atoms with Gasteiger partial charge in [-0.1, -0.05) is 103 Å². The molecule has 1 spiro atoms. The molecule has 4 aliphatic carbocycles. The van der Waals surface area contributed by atoms with Crippen molar-refractivity contribution in [2.24, 2.45) is 40.9 Å². The summed E-state index contributed by atoms with van der Waals surface area (Å²) >= 11 is 0. The number of aliphatic hydroxyl groups is 4. The number of carbonyl (C=O) groups is 1. The maximum absolute atomic E-state index is 12.9. The van der Waals surface area contributed by atoms with Gasteiger partial charge in [-0.05, 0) is 144 Å². The van der Waals surface area contributed by atoms with E-state index >= 15 is 0 Å². The number of carbonyl (C=O) groups excluding carboxylic acids is 1. The van der Waals surface area contributed by atoms with Crippen molar-refractivity contribution in [3.05, 3.63) is 106 Å². The number of hydrogen-bond donors (Lipinski definition) is 6. The second-order valence-corrected chi connectivity index (χ2v) is 19.5. The molecule has 62 heavy (non-hydrogen) atoms. The Morgan fingerprint density at radius 1 is 1.10 bits per heavy atom. The van der Waals surface area contributed by atoms with Crippen LogP contribution in [0.5, 0.6) is 0 Å². The van der Waals surface area contributed by atoms with Gasteiger partial charge in [-0.25, -0.2) is 0 Å². The molecule has 342 valence electrons. The lowest BCUT2D eigenvalue weighted by molar-refractivity contribution is -0.194. The van der Waals surface area contributed by atoms with Crippen LogP contribution in [0.25, 0.3) is 0 Å². The van der Waals surface area contributed by atoms with Gasteiger partial charge in [0.2, 0.25) is 0 Å². The Balaban J connectivity index is 1.28. The van der Waals surface area contributed by atoms with Gasteiger partial charge in [-0.3, -0.25) is 4.79 Å². The summed E-state index contributed by atoms with van der Waals surface area (Å²) in [6.07, 6.45) is 25.3. The number of allylic oxidation sites excluding steroid dienone is 9. The molecule has 1 aromatic rings. The van der Waals surface area contributed by atoms with Crippen LogP contribution in [0.1, 0.15) is 102 Å². The van der Waals surface area contributed by atoms with Gasteiger partial charge in [0, 0.05) is 49.7 Å². The Hall–Kier alpha value is -2.99. The Morgan fingerprint density at radius 3 is 2.61 bits per heavy atom. The van der Waals surface area contributed by atoms with E-state index in [1.807, 2.05) is 33.2 Å². The Kier molecular flexibility index (Phi) is 17.4. The lowest BCUT2D eigenvalue weighted by Gasteiger charge is -2.61. The maximum Gasteiger partial charge on any atom is 0.145 e. The zero-order valence-electron chi connectivity index (χ0n) is 38.3. The van der Waals surface area contributed by atoms with Crippen LogP contribution in [0.2, 0.25) is 0 Å². The maximum atomic E-state index is 12.9. The summed E-state index contributed by atoms with van der Waals surface area (Å²) in [5.41, 5.74) is 5.28. The van der Waals surface area contributed by atoms with Gasteiger partial charge in [0.1, 0.15) is 13.1 Å². The molecule has 1 aliphatic heterocycles. The van der Waals surface area contributed by atoms with Gasteiger partial charge in [0.15, 0.2) is 0 Å². The minimum absolute atomic E-state index is 0.0156. The predicted molar refractivity (Wildman–Crippen MR) is 248 cm³/mol. The third-order valence-corrected chi connectivity index (χ3v) is 16.0. The number of aldehydes is 1. The molecule has 9 nitrogen and oxygen atoms in total. The number of methoxy groups -OCH3 is 1. The van der Waals surface area contributed by atoms with E-state index in [1.165, 1.54) is 48.8 Å². The monoisotopic (exact) mass is 855 g/mol. The number of rotatable bonds is 17. The van der Waals surface area contributed by atoms with Crippen molar-refractivity contribution in [3.8, 4) is 0 Å². The summed E-state index contributed by atoms with van der Waals surface area (Å²) < 4.78 is 11.4. The quantitative estimate of drug-likeness (QED) is 0.0309. The Labute approximate surface area is 372 Å². The van der Waals surface area contributed by atoms with E-state index in [2.05, 4.69) is 72.7 Å². The van der Waals surface area contributed by atoms with E-state index in [-0.39, 0.29) is 48.3 Å². The van der Waals surface area contributed by atoms with Crippen LogP contribution in [-0.2, 0) is 27.1 Å². The molecule has 6 N–H and O–H groups in total. The average molecular weight is 855 g/mol. The number of benzene rings is 1. The molecule has 4 bridgehead atoms. The molecule has 1 heterocycles. The smallest absolute Gasteiger partial charge is 0.145 e. The fourth-order valence-corrected chi connectivity index (χ4v) is 12.8. The fraction of sp³-hybridized carbons (Fsp3) is 0.642. The third kappa shape index (κ3) is 10.4. The van der Waals surface area contributed by atoms with Gasteiger partial charge in [-0.2, -0.15) is 0 Å². The van der Waals surface area contributed by atoms with Crippen LogP contribution < -0.4 is 10.6 Å². The zero-order chi connectivity index (χ0) is 44.3. The molecule has 3 saturated carbocycles. The molecule has 0 unspecified atom stereocenters. The van der Waals surface area contributed by atoms with Crippen molar-refractivity contribution in [2.45, 2.75) is 121 Å². The van der Waals surface area contributed by atoms with Crippen LogP contribution in [0.3, 0.4) is 0 Å². The number of fused-ring (bicyclic) bond motifs is 5. The summed E-state index contributed by atoms with van der Waals surface area (Å²) in [5, 5.41) is 53.2. The number of aliphatic hydroxyl groups excluding tert-OH is 3. The van der Waals surface area contributed by atoms with Crippen LogP contribution in [0, 0.1) is 40.9 Å². The lowest BCUT2D eigenvalue weighted by atomic mass is 9.45. The topological polar surface area (TPSA) is 141 Å². The highest BCUT2D eigenvalue weighted by molar-refractivity contribution is 5.74. The van der Waals surface area contributed by atoms with Crippen molar-refractivity contribution in [3.63, 3.8) is 0 Å². The summed E-state index contributed by atoms with van der Waals surface area (Å²) in [5.74, 6) is -0.151. The lowest BCUT2D eigenvalue weighted by Crippen LogP contribution is -2.65. The fourth-order valence-electron chi connectivity index (χ4n) is 12.8. The first-order chi connectivity index (χ1) is 30.0. The molecule has 0 saturated heterocycles. The largest absolute Gasteiger partial charge is 0.396 e. The number of hydrogen-bond acceptors (Lipinski definition) is 9. The van der Waals surface area contributed by atoms with Crippen molar-refractivity contribution >= 4 is 6.29 Å². The molecule has 5 aliphatic rings. The second kappa shape index (κ2) is 22.3. The van der Waals surface area contributed by atoms with Gasteiger partial charge in [0.25, 0.3) is 0 Å². The molecule has 0 aromatic heterocycles. The van der Waals surface area contributed by atoms with Crippen LogP contribution in [0.4, 0.5) is 0 Å². The van der Waals surface area contributed by atoms with E-state index in [0.717, 1.165) is 61.8 Å². The van der Waals surface area contributed by atoms with E-state index < -0.39 is 23.9 Å². The minimum Gasteiger partial charge on any atom is -0.396 e. The molecule has 0 radical (unpaired) electrons. The second-order valence-electron chi connectivity index (χ2n) is 19.5. The SMILES string of the molecule is C=C(C=CC=C(COCO)[C@H]1CC[C@]2([C@@H]1O)[C@H]1C(=C(C)C=O)[C@@H](C=C[C@@H]1CCO)C[C@]2(O)CCNC)[C@H]1CC=C(C)CN[C@](CCOC)(C2CCCCC2)Cc2cccc(c2)C1. The first-order valence-corrected chi connectivity index (χ1v) is 23.7. The van der Waals surface area contributed by atoms with Crippen molar-refractivity contribution in [1.29, 1.82) is 0 Å². The average Bonchev–Trinajstić information content (AvgIpc) is 3.63. The molecule has 6 rings (SSSR count). The Bertz CT molecular complexity index is 1830. The van der Waals surface area contributed by atoms with E-state index in [0.29, 0.717) is 50.1 Å². The van der Waals surface area contributed by atoms with Crippen molar-refractivity contribution in [2.75, 3.05) is 53.9 Å². The van der Waals surface area contributed by atoms with Crippen molar-refractivity contribution < 1.29 is 34.7 Å². The molecule has 3 fully saturated rings. The van der Waals surface area contributed by atoms with Crippen LogP contribution in [0.15, 0.2) is 95.2 Å². The van der Waals surface area contributed by atoms with Gasteiger partial charge < -0.3 is 40.5 Å². The molecular weight excluding hydrogens is 777 g/mol. The minimum atomic E-state index is -1.23. The van der Waals surface area contributed by atoms with E-state index in [4.69, 9.17) is 9.47 Å². The Morgan fingerprint density at radius 2 is 1.89 bits per heavy atom. The van der Waals surface area contributed by atoms with Crippen molar-refractivity contribution in [1.82, 2.24) is 10.6 Å². The highest BCUT2D eigenvalue weighted by Gasteiger charge is 2.68. The first-order valence-electron chi connectivity index (χ1n) is 23.7. The predicted octanol–water partition coefficient (Wildman–Crippen LogP) is 7.51. The molecular formula is C53H78N2O7. The van der Waals surface area contributed by atoms with Crippen LogP contribution >= 0.6 is 0 Å². The summed E-state index contributed by atoms with van der Waals surface area (Å²) in [6, 6.07) is 9.16. The van der Waals surface area contributed by atoms with E-state index in [9.17, 15) is 25.2 Å². The summed E-state index contributed by atoms with van der Waals surface area (Å²) in [7, 11) is 3.69. The van der Waals surface area contributed by atoms with E-state index in [1.54, 1.807) is 0 Å². The van der Waals surface area contributed by atoms with Crippen LogP contribution in [-0.4, -0.2) is 97.8 Å². The normalized spacial score (nSPS) is 34.2. The number of nitrogens with one attached hydrogen (secondary N) is 2. The number of ether oxygens (including phenoxy) is 2. The van der Waals surface area contributed by atoms with Gasteiger partial charge in [-0.15, -0.1) is 0 Å². The molecule has 0 amide bonds. The molecule has 9 atom stereocenters. The third-order valence-electron chi connectivity index (χ3n) is 16.0. The molecule has 1 aromatic carbocycles. The standard InChI is InChI=1S/C53H78N2O7/c1-37-17-18-43(30-40-12-10-13-41(29-40)31-51(55-33-37,25-28-61-5)46-15-7-6-8-16-46)38(2)11-9-14-45(35-62-36-58)47-21-23-53(50(47)59)49-42(22-27-56)19-20-44(48(49)39(3)34-57)32-52(53,60)24-26-54-4/h9-14,17,19-20,29,34,42-44,46-47,49-50,54-56,58-60H,2,6-8,15-16,18,21-28,30-33,35-36H2,1,3-5H3/t42-,43+,44+,47-,49-,50-,51+,52-,53-/m1/s1. The van der Waals surface area contributed by atoms with Gasteiger partial charge >= 0.3 is 0 Å². The van der Waals surface area contributed by atoms with Gasteiger partial charge in [0.05, 0.1) is 18.3 Å². The summed E-state index contributed by atoms with van der Waals surface area (Å²) in [6.45, 7) is 10.5. The highest BCUT2D eigenvalue weighted by atomic mass is 16.6. The highest BCUT2D eigenvalue weighted by Crippen LogP contribution is 2.67. The zero-order valence-corrected chi connectivity index (χ0v) is 38.3. The molecule has 9 heteroatoms.